The van der Waals surface area contributed by atoms with Gasteiger partial charge in [-0.1, -0.05) is 0 Å². The number of carbonyl (C=O) groups is 1. The average Bonchev–Trinajstić information content (AvgIpc) is 3.13. The molecular formula is C21H31BrN2O3. The van der Waals surface area contributed by atoms with Gasteiger partial charge in [0.05, 0.1) is 27.6 Å². The van der Waals surface area contributed by atoms with Crippen molar-refractivity contribution in [3.8, 4) is 0 Å². The summed E-state index contributed by atoms with van der Waals surface area (Å²) in [6.07, 6.45) is 0.321. The molecule has 5 nitrogen and oxygen atoms in total. The van der Waals surface area contributed by atoms with Crippen LogP contribution in [0.2, 0.25) is 0 Å². The number of ether oxygens (including phenoxy) is 2. The van der Waals surface area contributed by atoms with Crippen LogP contribution < -0.4 is 4.90 Å². The standard InChI is InChI=1S/C21H31BrN2O3/c1-11(2)26-20(25)19(27-21(5,6)7)16-12(3)23-13(4)17(22)18(16)24-9-14-8-15(14)10-24/h11,14-15,19H,8-10H2,1-7H3/t14?,15?,19-/m0/s1. The molecule has 1 saturated carbocycles. The molecule has 0 bridgehead atoms. The first-order chi connectivity index (χ1) is 12.5. The first kappa shape index (κ1) is 20.6. The molecule has 1 aliphatic carbocycles. The maximum absolute atomic E-state index is 13.0. The molecule has 1 aliphatic heterocycles. The summed E-state index contributed by atoms with van der Waals surface area (Å²) >= 11 is 3.75. The fourth-order valence-electron chi connectivity index (χ4n) is 3.90. The highest BCUT2D eigenvalue weighted by Crippen LogP contribution is 2.50. The van der Waals surface area contributed by atoms with Gasteiger partial charge in [0.2, 0.25) is 0 Å². The van der Waals surface area contributed by atoms with E-state index in [0.29, 0.717) is 0 Å². The number of hydrogen-bond acceptors (Lipinski definition) is 5. The summed E-state index contributed by atoms with van der Waals surface area (Å²) in [6.45, 7) is 15.6. The third-order valence-electron chi connectivity index (χ3n) is 5.10. The SMILES string of the molecule is Cc1nc(C)c([C@H](OC(C)(C)C)C(=O)OC(C)C)c(N2CC3CC3C2)c1Br. The number of hydrogen-bond donors (Lipinski definition) is 0. The third kappa shape index (κ3) is 4.48. The van der Waals surface area contributed by atoms with Gasteiger partial charge in [0.1, 0.15) is 0 Å². The molecule has 2 heterocycles. The van der Waals surface area contributed by atoms with Gasteiger partial charge in [0.15, 0.2) is 6.10 Å². The lowest BCUT2D eigenvalue weighted by atomic mass is 10.0. The number of aryl methyl sites for hydroxylation is 2. The number of fused-ring (bicyclic) bond motifs is 1. The van der Waals surface area contributed by atoms with Gasteiger partial charge >= 0.3 is 5.97 Å². The summed E-state index contributed by atoms with van der Waals surface area (Å²) in [4.78, 5) is 20.1. The van der Waals surface area contributed by atoms with E-state index in [2.05, 4.69) is 25.8 Å². The van der Waals surface area contributed by atoms with Crippen molar-refractivity contribution in [3.63, 3.8) is 0 Å². The minimum absolute atomic E-state index is 0.200. The van der Waals surface area contributed by atoms with Crippen LogP contribution in [-0.2, 0) is 14.3 Å². The Hall–Kier alpha value is -1.14. The topological polar surface area (TPSA) is 51.7 Å². The van der Waals surface area contributed by atoms with E-state index in [4.69, 9.17) is 9.47 Å². The molecule has 2 aliphatic rings. The molecule has 27 heavy (non-hydrogen) atoms. The van der Waals surface area contributed by atoms with Gasteiger partial charge in [0.25, 0.3) is 0 Å². The summed E-state index contributed by atoms with van der Waals surface area (Å²) in [6, 6.07) is 0. The van der Waals surface area contributed by atoms with Crippen molar-refractivity contribution in [2.24, 2.45) is 11.8 Å². The van der Waals surface area contributed by atoms with Crippen LogP contribution in [-0.4, -0.2) is 35.7 Å². The fourth-order valence-corrected chi connectivity index (χ4v) is 4.45. The Morgan fingerprint density at radius 1 is 1.19 bits per heavy atom. The number of esters is 1. The molecule has 1 saturated heterocycles. The summed E-state index contributed by atoms with van der Waals surface area (Å²) in [7, 11) is 0. The summed E-state index contributed by atoms with van der Waals surface area (Å²) in [5, 5.41) is 0. The molecule has 0 aromatic carbocycles. The molecule has 0 spiro atoms. The molecule has 3 atom stereocenters. The Morgan fingerprint density at radius 3 is 2.30 bits per heavy atom. The van der Waals surface area contributed by atoms with Gasteiger partial charge in [-0.2, -0.15) is 0 Å². The first-order valence-corrected chi connectivity index (χ1v) is 10.6. The molecule has 0 N–H and O–H groups in total. The van der Waals surface area contributed by atoms with Crippen molar-refractivity contribution < 1.29 is 14.3 Å². The number of pyridine rings is 1. The number of nitrogens with zero attached hydrogens (tertiary/aromatic N) is 2. The van der Waals surface area contributed by atoms with Gasteiger partial charge in [-0.15, -0.1) is 0 Å². The van der Waals surface area contributed by atoms with E-state index in [1.54, 1.807) is 0 Å². The second-order valence-corrected chi connectivity index (χ2v) is 9.91. The zero-order chi connectivity index (χ0) is 20.1. The van der Waals surface area contributed by atoms with E-state index in [9.17, 15) is 4.79 Å². The maximum atomic E-state index is 13.0. The second-order valence-electron chi connectivity index (χ2n) is 9.12. The van der Waals surface area contributed by atoms with Crippen molar-refractivity contribution in [1.29, 1.82) is 0 Å². The number of anilines is 1. The summed E-state index contributed by atoms with van der Waals surface area (Å²) in [5.41, 5.74) is 3.13. The summed E-state index contributed by atoms with van der Waals surface area (Å²) < 4.78 is 12.7. The Bertz CT molecular complexity index is 732. The van der Waals surface area contributed by atoms with Crippen LogP contribution in [0.25, 0.3) is 0 Å². The minimum atomic E-state index is -0.802. The molecule has 2 unspecified atom stereocenters. The van der Waals surface area contributed by atoms with Crippen molar-refractivity contribution in [1.82, 2.24) is 4.98 Å². The molecule has 3 rings (SSSR count). The molecule has 2 fully saturated rings. The zero-order valence-electron chi connectivity index (χ0n) is 17.4. The van der Waals surface area contributed by atoms with Crippen molar-refractivity contribution in [2.45, 2.75) is 72.7 Å². The molecular weight excluding hydrogens is 408 g/mol. The van der Waals surface area contributed by atoms with Crippen LogP contribution in [0.4, 0.5) is 5.69 Å². The van der Waals surface area contributed by atoms with Crippen molar-refractivity contribution >= 4 is 27.6 Å². The van der Waals surface area contributed by atoms with Crippen LogP contribution >= 0.6 is 15.9 Å². The fraction of sp³-hybridized carbons (Fsp3) is 0.714. The normalized spacial score (nSPS) is 22.8. The van der Waals surface area contributed by atoms with Gasteiger partial charge in [0, 0.05) is 24.3 Å². The number of aromatic nitrogens is 1. The van der Waals surface area contributed by atoms with E-state index < -0.39 is 11.7 Å². The van der Waals surface area contributed by atoms with Gasteiger partial charge in [-0.05, 0) is 82.7 Å². The Balaban J connectivity index is 2.09. The van der Waals surface area contributed by atoms with Crippen LogP contribution in [0.5, 0.6) is 0 Å². The van der Waals surface area contributed by atoms with E-state index >= 15 is 0 Å². The first-order valence-electron chi connectivity index (χ1n) is 9.77. The average molecular weight is 439 g/mol. The van der Waals surface area contributed by atoms with Gasteiger partial charge < -0.3 is 14.4 Å². The van der Waals surface area contributed by atoms with E-state index in [0.717, 1.165) is 52.0 Å². The number of halogens is 1. The largest absolute Gasteiger partial charge is 0.461 e. The molecule has 150 valence electrons. The highest BCUT2D eigenvalue weighted by atomic mass is 79.9. The number of rotatable bonds is 5. The lowest BCUT2D eigenvalue weighted by Crippen LogP contribution is -2.33. The van der Waals surface area contributed by atoms with E-state index in [1.165, 1.54) is 6.42 Å². The van der Waals surface area contributed by atoms with Crippen molar-refractivity contribution in [2.75, 3.05) is 18.0 Å². The van der Waals surface area contributed by atoms with Gasteiger partial charge in [-0.25, -0.2) is 4.79 Å². The third-order valence-corrected chi connectivity index (χ3v) is 6.05. The summed E-state index contributed by atoms with van der Waals surface area (Å²) in [5.74, 6) is 1.21. The van der Waals surface area contributed by atoms with Crippen LogP contribution in [0.1, 0.15) is 64.1 Å². The highest BCUT2D eigenvalue weighted by Gasteiger charge is 2.47. The monoisotopic (exact) mass is 438 g/mol. The lowest BCUT2D eigenvalue weighted by molar-refractivity contribution is -0.171. The number of carbonyl (C=O) groups excluding carboxylic acids is 1. The highest BCUT2D eigenvalue weighted by molar-refractivity contribution is 9.10. The Morgan fingerprint density at radius 2 is 1.78 bits per heavy atom. The molecule has 0 amide bonds. The molecule has 0 radical (unpaired) electrons. The minimum Gasteiger partial charge on any atom is -0.461 e. The molecule has 1 aromatic rings. The van der Waals surface area contributed by atoms with Crippen LogP contribution in [0.15, 0.2) is 4.47 Å². The molecule has 1 aromatic heterocycles. The van der Waals surface area contributed by atoms with Gasteiger partial charge in [-0.3, -0.25) is 4.98 Å². The predicted octanol–water partition coefficient (Wildman–Crippen LogP) is 4.72. The van der Waals surface area contributed by atoms with Crippen molar-refractivity contribution in [3.05, 3.63) is 21.4 Å². The zero-order valence-corrected chi connectivity index (χ0v) is 19.0. The second kappa shape index (κ2) is 7.36. The smallest absolute Gasteiger partial charge is 0.340 e. The lowest BCUT2D eigenvalue weighted by Gasteiger charge is -2.33. The van der Waals surface area contributed by atoms with E-state index in [1.807, 2.05) is 48.5 Å². The van der Waals surface area contributed by atoms with Crippen LogP contribution in [0.3, 0.4) is 0 Å². The Labute approximate surface area is 170 Å². The Kier molecular flexibility index (Phi) is 5.61. The van der Waals surface area contributed by atoms with E-state index in [-0.39, 0.29) is 12.1 Å². The molecule has 6 heteroatoms. The maximum Gasteiger partial charge on any atom is 0.340 e. The quantitative estimate of drug-likeness (QED) is 0.622. The number of piperidine rings is 1. The van der Waals surface area contributed by atoms with Crippen LogP contribution in [0, 0.1) is 25.7 Å². The predicted molar refractivity (Wildman–Crippen MR) is 110 cm³/mol.